The largest absolute Gasteiger partial charge is 0.294 e. The first-order chi connectivity index (χ1) is 14.8. The molecule has 1 atom stereocenters. The van der Waals surface area contributed by atoms with E-state index in [2.05, 4.69) is 46.2 Å². The van der Waals surface area contributed by atoms with Crippen molar-refractivity contribution in [2.45, 2.75) is 31.2 Å². The van der Waals surface area contributed by atoms with Gasteiger partial charge in [0.15, 0.2) is 5.16 Å². The first kappa shape index (κ1) is 21.2. The van der Waals surface area contributed by atoms with Crippen molar-refractivity contribution in [3.63, 3.8) is 0 Å². The summed E-state index contributed by atoms with van der Waals surface area (Å²) in [4.78, 5) is 39.0. The van der Waals surface area contributed by atoms with Crippen LogP contribution in [-0.4, -0.2) is 30.7 Å². The highest BCUT2D eigenvalue weighted by Gasteiger charge is 2.21. The van der Waals surface area contributed by atoms with Crippen LogP contribution in [0.3, 0.4) is 0 Å². The molecular formula is C22H21N5O2S2. The number of carbonyl (C=O) groups is 1. The van der Waals surface area contributed by atoms with Crippen LogP contribution in [0, 0.1) is 13.8 Å². The first-order valence-electron chi connectivity index (χ1n) is 9.65. The second-order valence-corrected chi connectivity index (χ2v) is 9.37. The number of benzene rings is 1. The molecule has 0 spiro atoms. The minimum absolute atomic E-state index is 0.124. The number of hydrogen-bond acceptors (Lipinski definition) is 7. The molecule has 0 saturated carbocycles. The van der Waals surface area contributed by atoms with Gasteiger partial charge < -0.3 is 0 Å². The lowest BCUT2D eigenvalue weighted by Gasteiger charge is -2.13. The second-order valence-electron chi connectivity index (χ2n) is 7.21. The van der Waals surface area contributed by atoms with Gasteiger partial charge in [-0.15, -0.1) is 11.3 Å². The van der Waals surface area contributed by atoms with Crippen molar-refractivity contribution in [1.82, 2.24) is 19.5 Å². The average Bonchev–Trinajstić information content (AvgIpc) is 3.18. The summed E-state index contributed by atoms with van der Waals surface area (Å²) in [6, 6.07) is 7.87. The normalized spacial score (nSPS) is 12.1. The maximum absolute atomic E-state index is 13.2. The second kappa shape index (κ2) is 8.60. The Hall–Kier alpha value is -3.04. The van der Waals surface area contributed by atoms with E-state index in [4.69, 9.17) is 0 Å². The third-order valence-electron chi connectivity index (χ3n) is 5.04. The number of rotatable bonds is 5. The molecule has 31 heavy (non-hydrogen) atoms. The molecule has 1 unspecified atom stereocenters. The van der Waals surface area contributed by atoms with Crippen LogP contribution in [0.4, 0.5) is 5.95 Å². The van der Waals surface area contributed by atoms with Crippen molar-refractivity contribution >= 4 is 45.2 Å². The van der Waals surface area contributed by atoms with Crippen molar-refractivity contribution in [3.05, 3.63) is 63.5 Å². The molecule has 0 saturated heterocycles. The zero-order chi connectivity index (χ0) is 22.1. The predicted octanol–water partition coefficient (Wildman–Crippen LogP) is 4.19. The van der Waals surface area contributed by atoms with Crippen LogP contribution in [-0.2, 0) is 11.8 Å². The van der Waals surface area contributed by atoms with E-state index < -0.39 is 5.25 Å². The predicted molar refractivity (Wildman–Crippen MR) is 126 cm³/mol. The van der Waals surface area contributed by atoms with Gasteiger partial charge in [0.25, 0.3) is 5.56 Å². The van der Waals surface area contributed by atoms with Crippen LogP contribution < -0.4 is 10.9 Å². The summed E-state index contributed by atoms with van der Waals surface area (Å²) >= 11 is 2.66. The zero-order valence-corrected chi connectivity index (χ0v) is 19.2. The summed E-state index contributed by atoms with van der Waals surface area (Å²) in [5, 5.41) is 5.25. The molecule has 4 rings (SSSR count). The molecule has 3 heterocycles. The van der Waals surface area contributed by atoms with Crippen molar-refractivity contribution in [3.8, 4) is 11.1 Å². The maximum Gasteiger partial charge on any atom is 0.263 e. The lowest BCUT2D eigenvalue weighted by molar-refractivity contribution is -0.115. The lowest BCUT2D eigenvalue weighted by atomic mass is 10.0. The Balaban J connectivity index is 1.64. The minimum Gasteiger partial charge on any atom is -0.294 e. The number of aromatic nitrogens is 4. The Morgan fingerprint density at radius 3 is 2.65 bits per heavy atom. The van der Waals surface area contributed by atoms with Gasteiger partial charge in [-0.2, -0.15) is 0 Å². The fourth-order valence-electron chi connectivity index (χ4n) is 3.07. The number of carbonyl (C=O) groups excluding carboxylic acids is 1. The van der Waals surface area contributed by atoms with Crippen LogP contribution >= 0.6 is 23.1 Å². The van der Waals surface area contributed by atoms with Crippen LogP contribution in [0.5, 0.6) is 0 Å². The van der Waals surface area contributed by atoms with Crippen LogP contribution in [0.1, 0.15) is 18.1 Å². The van der Waals surface area contributed by atoms with Crippen LogP contribution in [0.15, 0.2) is 52.0 Å². The van der Waals surface area contributed by atoms with Gasteiger partial charge in [-0.05, 0) is 43.5 Å². The number of fused-ring (bicyclic) bond motifs is 1. The molecule has 0 bridgehead atoms. The van der Waals surface area contributed by atoms with Gasteiger partial charge in [-0.25, -0.2) is 15.0 Å². The molecule has 1 N–H and O–H groups in total. The van der Waals surface area contributed by atoms with E-state index in [0.717, 1.165) is 11.1 Å². The molecule has 4 aromatic rings. The third-order valence-corrected chi connectivity index (χ3v) is 7.06. The highest BCUT2D eigenvalue weighted by atomic mass is 32.2. The number of anilines is 1. The molecule has 0 radical (unpaired) electrons. The van der Waals surface area contributed by atoms with Gasteiger partial charge in [0, 0.05) is 30.4 Å². The van der Waals surface area contributed by atoms with Gasteiger partial charge in [0.2, 0.25) is 11.9 Å². The summed E-state index contributed by atoms with van der Waals surface area (Å²) in [6.45, 7) is 5.88. The van der Waals surface area contributed by atoms with E-state index in [-0.39, 0.29) is 17.4 Å². The Kier molecular flexibility index (Phi) is 5.88. The number of nitrogens with zero attached hydrogens (tertiary/aromatic N) is 4. The standard InChI is InChI=1S/C22H21N5O2S2/c1-12-6-7-15(10-13(12)2)16-11-30-19-17(16)20(29)27(4)22(26-19)31-14(3)18(28)25-21-23-8-5-9-24-21/h5-11,14H,1-4H3,(H,23,24,25,28). The highest BCUT2D eigenvalue weighted by molar-refractivity contribution is 8.00. The number of amides is 1. The molecule has 9 heteroatoms. The molecule has 158 valence electrons. The summed E-state index contributed by atoms with van der Waals surface area (Å²) in [6.07, 6.45) is 3.12. The molecule has 0 fully saturated rings. The van der Waals surface area contributed by atoms with Gasteiger partial charge in [0.05, 0.1) is 10.6 Å². The molecule has 0 aliphatic rings. The lowest BCUT2D eigenvalue weighted by Crippen LogP contribution is -2.26. The Morgan fingerprint density at radius 2 is 1.94 bits per heavy atom. The molecular weight excluding hydrogens is 430 g/mol. The van der Waals surface area contributed by atoms with Crippen LogP contribution in [0.2, 0.25) is 0 Å². The third kappa shape index (κ3) is 4.24. The topological polar surface area (TPSA) is 89.8 Å². The van der Waals surface area contributed by atoms with Gasteiger partial charge in [-0.1, -0.05) is 30.0 Å². The fourth-order valence-corrected chi connectivity index (χ4v) is 4.93. The molecule has 3 aromatic heterocycles. The number of hydrogen-bond donors (Lipinski definition) is 1. The smallest absolute Gasteiger partial charge is 0.263 e. The van der Waals surface area contributed by atoms with Gasteiger partial charge >= 0.3 is 0 Å². The molecule has 0 aliphatic carbocycles. The number of thiophene rings is 1. The van der Waals surface area contributed by atoms with Crippen molar-refractivity contribution in [2.75, 3.05) is 5.32 Å². The van der Waals surface area contributed by atoms with Crippen LogP contribution in [0.25, 0.3) is 21.3 Å². The van der Waals surface area contributed by atoms with Crippen molar-refractivity contribution < 1.29 is 4.79 Å². The molecule has 1 aromatic carbocycles. The van der Waals surface area contributed by atoms with E-state index in [0.29, 0.717) is 15.4 Å². The zero-order valence-electron chi connectivity index (χ0n) is 17.5. The van der Waals surface area contributed by atoms with E-state index in [1.54, 1.807) is 32.4 Å². The first-order valence-corrected chi connectivity index (χ1v) is 11.4. The summed E-state index contributed by atoms with van der Waals surface area (Å²) in [5.74, 6) is -0.0129. The number of thioether (sulfide) groups is 1. The summed E-state index contributed by atoms with van der Waals surface area (Å²) in [5.41, 5.74) is 4.15. The SMILES string of the molecule is Cc1ccc(-c2csc3nc(SC(C)C(=O)Nc4ncccn4)n(C)c(=O)c23)cc1C. The van der Waals surface area contributed by atoms with Gasteiger partial charge in [0.1, 0.15) is 4.83 Å². The van der Waals surface area contributed by atoms with E-state index in [9.17, 15) is 9.59 Å². The van der Waals surface area contributed by atoms with E-state index in [1.807, 2.05) is 11.4 Å². The maximum atomic E-state index is 13.2. The molecule has 0 aliphatic heterocycles. The van der Waals surface area contributed by atoms with E-state index in [1.165, 1.54) is 38.8 Å². The average molecular weight is 452 g/mol. The Morgan fingerprint density at radius 1 is 1.19 bits per heavy atom. The van der Waals surface area contributed by atoms with Gasteiger partial charge in [-0.3, -0.25) is 19.5 Å². The quantitative estimate of drug-likeness (QED) is 0.362. The number of aryl methyl sites for hydroxylation is 2. The van der Waals surface area contributed by atoms with Crippen molar-refractivity contribution in [2.24, 2.45) is 7.05 Å². The summed E-state index contributed by atoms with van der Waals surface area (Å²) in [7, 11) is 1.68. The fraction of sp³-hybridized carbons (Fsp3) is 0.227. The van der Waals surface area contributed by atoms with E-state index >= 15 is 0 Å². The summed E-state index contributed by atoms with van der Waals surface area (Å²) < 4.78 is 1.51. The monoisotopic (exact) mass is 451 g/mol. The Labute approximate surface area is 187 Å². The minimum atomic E-state index is -0.487. The molecule has 1 amide bonds. The molecule has 7 nitrogen and oxygen atoms in total. The Bertz CT molecular complexity index is 1330. The number of nitrogens with one attached hydrogen (secondary N) is 1. The highest BCUT2D eigenvalue weighted by Crippen LogP contribution is 2.33. The van der Waals surface area contributed by atoms with Crippen molar-refractivity contribution in [1.29, 1.82) is 0 Å².